The smallest absolute Gasteiger partial charge is 0.410 e. The molecule has 1 amide bonds. The van der Waals surface area contributed by atoms with Crippen LogP contribution in [-0.2, 0) is 17.8 Å². The Labute approximate surface area is 163 Å². The molecule has 0 aromatic heterocycles. The lowest BCUT2D eigenvalue weighted by atomic mass is 10.1. The number of halogens is 1. The third kappa shape index (κ3) is 3.62. The van der Waals surface area contributed by atoms with Crippen molar-refractivity contribution >= 4 is 6.09 Å². The zero-order valence-corrected chi connectivity index (χ0v) is 15.9. The van der Waals surface area contributed by atoms with Crippen LogP contribution >= 0.6 is 0 Å². The molecule has 2 aliphatic heterocycles. The SMILES string of the molecule is COc1ccc(CN2C(=O)O[C@@H]3CN(Cc4cccc(F)c4)C[C@@H]32)cc1OC. The van der Waals surface area contributed by atoms with Crippen LogP contribution in [-0.4, -0.2) is 55.3 Å². The first-order chi connectivity index (χ1) is 13.6. The van der Waals surface area contributed by atoms with E-state index in [4.69, 9.17) is 14.2 Å². The van der Waals surface area contributed by atoms with Crippen molar-refractivity contribution in [3.05, 3.63) is 59.4 Å². The molecule has 2 atom stereocenters. The maximum absolute atomic E-state index is 13.4. The van der Waals surface area contributed by atoms with Crippen molar-refractivity contribution in [1.82, 2.24) is 9.80 Å². The Morgan fingerprint density at radius 1 is 1.04 bits per heavy atom. The molecule has 0 bridgehead atoms. The van der Waals surface area contributed by atoms with Gasteiger partial charge >= 0.3 is 6.09 Å². The number of carbonyl (C=O) groups excluding carboxylic acids is 1. The van der Waals surface area contributed by atoms with Gasteiger partial charge in [-0.25, -0.2) is 9.18 Å². The van der Waals surface area contributed by atoms with Gasteiger partial charge in [0, 0.05) is 26.2 Å². The highest BCUT2D eigenvalue weighted by Gasteiger charge is 2.47. The largest absolute Gasteiger partial charge is 0.493 e. The van der Waals surface area contributed by atoms with Gasteiger partial charge < -0.3 is 14.2 Å². The van der Waals surface area contributed by atoms with Crippen molar-refractivity contribution in [2.45, 2.75) is 25.2 Å². The second-order valence-corrected chi connectivity index (χ2v) is 7.13. The van der Waals surface area contributed by atoms with Crippen molar-refractivity contribution in [3.8, 4) is 11.5 Å². The van der Waals surface area contributed by atoms with E-state index in [0.29, 0.717) is 37.7 Å². The molecule has 0 aliphatic carbocycles. The standard InChI is InChI=1S/C21H23FN2O4/c1-26-18-7-6-15(9-19(18)27-2)11-24-17-12-23(13-20(17)28-21(24)25)10-14-4-3-5-16(22)8-14/h3-9,17,20H,10-13H2,1-2H3/t17-,20+/m0/s1. The lowest BCUT2D eigenvalue weighted by Gasteiger charge is -2.23. The Bertz CT molecular complexity index is 875. The van der Waals surface area contributed by atoms with Crippen LogP contribution in [0.5, 0.6) is 11.5 Å². The number of rotatable bonds is 6. The van der Waals surface area contributed by atoms with Gasteiger partial charge in [0.25, 0.3) is 0 Å². The molecule has 0 unspecified atom stereocenters. The number of hydrogen-bond donors (Lipinski definition) is 0. The number of hydrogen-bond acceptors (Lipinski definition) is 5. The van der Waals surface area contributed by atoms with Crippen molar-refractivity contribution in [1.29, 1.82) is 0 Å². The van der Waals surface area contributed by atoms with Gasteiger partial charge in [0.2, 0.25) is 0 Å². The van der Waals surface area contributed by atoms with Crippen LogP contribution < -0.4 is 9.47 Å². The Morgan fingerprint density at radius 3 is 2.57 bits per heavy atom. The second kappa shape index (κ2) is 7.67. The summed E-state index contributed by atoms with van der Waals surface area (Å²) < 4.78 is 29.6. The molecule has 2 saturated heterocycles. The second-order valence-electron chi connectivity index (χ2n) is 7.13. The fourth-order valence-electron chi connectivity index (χ4n) is 3.96. The molecule has 0 spiro atoms. The molecular formula is C21H23FN2O4. The number of fused-ring (bicyclic) bond motifs is 1. The Balaban J connectivity index is 1.45. The van der Waals surface area contributed by atoms with Crippen LogP contribution in [0.3, 0.4) is 0 Å². The van der Waals surface area contributed by atoms with E-state index in [1.807, 2.05) is 24.3 Å². The summed E-state index contributed by atoms with van der Waals surface area (Å²) in [6, 6.07) is 12.2. The van der Waals surface area contributed by atoms with Crippen LogP contribution in [0.2, 0.25) is 0 Å². The molecule has 7 heteroatoms. The van der Waals surface area contributed by atoms with E-state index in [1.165, 1.54) is 6.07 Å². The highest BCUT2D eigenvalue weighted by atomic mass is 19.1. The Kier molecular flexibility index (Phi) is 5.09. The van der Waals surface area contributed by atoms with Crippen molar-refractivity contribution in [3.63, 3.8) is 0 Å². The average molecular weight is 386 g/mol. The van der Waals surface area contributed by atoms with Gasteiger partial charge in [0.1, 0.15) is 11.9 Å². The van der Waals surface area contributed by atoms with E-state index in [1.54, 1.807) is 31.3 Å². The van der Waals surface area contributed by atoms with Crippen LogP contribution in [0.15, 0.2) is 42.5 Å². The van der Waals surface area contributed by atoms with E-state index < -0.39 is 0 Å². The van der Waals surface area contributed by atoms with Crippen molar-refractivity contribution in [2.24, 2.45) is 0 Å². The molecule has 2 aromatic rings. The van der Waals surface area contributed by atoms with Gasteiger partial charge in [-0.2, -0.15) is 0 Å². The normalized spacial score (nSPS) is 21.5. The van der Waals surface area contributed by atoms with Crippen LogP contribution in [0.1, 0.15) is 11.1 Å². The van der Waals surface area contributed by atoms with Gasteiger partial charge in [-0.15, -0.1) is 0 Å². The first-order valence-corrected chi connectivity index (χ1v) is 9.22. The van der Waals surface area contributed by atoms with E-state index >= 15 is 0 Å². The number of methoxy groups -OCH3 is 2. The van der Waals surface area contributed by atoms with E-state index in [2.05, 4.69) is 4.90 Å². The zero-order valence-electron chi connectivity index (χ0n) is 15.9. The predicted molar refractivity (Wildman–Crippen MR) is 101 cm³/mol. The minimum Gasteiger partial charge on any atom is -0.493 e. The number of ether oxygens (including phenoxy) is 3. The molecule has 0 radical (unpaired) electrons. The third-order valence-corrected chi connectivity index (χ3v) is 5.30. The summed E-state index contributed by atoms with van der Waals surface area (Å²) >= 11 is 0. The summed E-state index contributed by atoms with van der Waals surface area (Å²) in [7, 11) is 3.18. The molecule has 4 rings (SSSR count). The lowest BCUT2D eigenvalue weighted by Crippen LogP contribution is -2.37. The maximum atomic E-state index is 13.4. The summed E-state index contributed by atoms with van der Waals surface area (Å²) in [5.41, 5.74) is 1.86. The van der Waals surface area contributed by atoms with Gasteiger partial charge in [-0.3, -0.25) is 9.80 Å². The van der Waals surface area contributed by atoms with E-state index in [9.17, 15) is 9.18 Å². The summed E-state index contributed by atoms with van der Waals surface area (Å²) in [6.45, 7) is 2.41. The van der Waals surface area contributed by atoms with Crippen LogP contribution in [0.25, 0.3) is 0 Å². The molecule has 2 heterocycles. The summed E-state index contributed by atoms with van der Waals surface area (Å²) in [5.74, 6) is 1.04. The van der Waals surface area contributed by atoms with E-state index in [-0.39, 0.29) is 24.1 Å². The monoisotopic (exact) mass is 386 g/mol. The molecule has 28 heavy (non-hydrogen) atoms. The van der Waals surface area contributed by atoms with Crippen LogP contribution in [0, 0.1) is 5.82 Å². The van der Waals surface area contributed by atoms with Gasteiger partial charge in [0.15, 0.2) is 11.5 Å². The van der Waals surface area contributed by atoms with Gasteiger partial charge in [-0.05, 0) is 35.4 Å². The first-order valence-electron chi connectivity index (χ1n) is 9.22. The fraction of sp³-hybridized carbons (Fsp3) is 0.381. The number of likely N-dealkylation sites (tertiary alicyclic amines) is 1. The molecule has 2 fully saturated rings. The quantitative estimate of drug-likeness (QED) is 0.764. The molecular weight excluding hydrogens is 363 g/mol. The molecule has 6 nitrogen and oxygen atoms in total. The third-order valence-electron chi connectivity index (χ3n) is 5.30. The fourth-order valence-corrected chi connectivity index (χ4v) is 3.96. The summed E-state index contributed by atoms with van der Waals surface area (Å²) in [5, 5.41) is 0. The van der Waals surface area contributed by atoms with Crippen molar-refractivity contribution < 1.29 is 23.4 Å². The summed E-state index contributed by atoms with van der Waals surface area (Å²) in [6.07, 6.45) is -0.462. The van der Waals surface area contributed by atoms with Crippen molar-refractivity contribution in [2.75, 3.05) is 27.3 Å². The zero-order chi connectivity index (χ0) is 19.7. The van der Waals surface area contributed by atoms with Gasteiger partial charge in [0.05, 0.1) is 20.3 Å². The molecule has 0 saturated carbocycles. The highest BCUT2D eigenvalue weighted by molar-refractivity contribution is 5.71. The maximum Gasteiger partial charge on any atom is 0.410 e. The predicted octanol–water partition coefficient (Wildman–Crippen LogP) is 3.05. The highest BCUT2D eigenvalue weighted by Crippen LogP contribution is 2.32. The minimum absolute atomic E-state index is 0.0193. The Morgan fingerprint density at radius 2 is 1.82 bits per heavy atom. The summed E-state index contributed by atoms with van der Waals surface area (Å²) in [4.78, 5) is 16.3. The number of nitrogens with zero attached hydrogens (tertiary/aromatic N) is 2. The number of carbonyl (C=O) groups is 1. The molecule has 2 aliphatic rings. The van der Waals surface area contributed by atoms with Crippen LogP contribution in [0.4, 0.5) is 9.18 Å². The minimum atomic E-state index is -0.296. The Hall–Kier alpha value is -2.80. The first kappa shape index (κ1) is 18.6. The van der Waals surface area contributed by atoms with Gasteiger partial charge in [-0.1, -0.05) is 18.2 Å². The molecule has 2 aromatic carbocycles. The number of benzene rings is 2. The average Bonchev–Trinajstić information content (AvgIpc) is 3.19. The van der Waals surface area contributed by atoms with E-state index in [0.717, 1.165) is 11.1 Å². The molecule has 148 valence electrons. The number of amides is 1. The topological polar surface area (TPSA) is 51.2 Å². The molecule has 0 N–H and O–H groups in total. The lowest BCUT2D eigenvalue weighted by molar-refractivity contribution is 0.119.